The van der Waals surface area contributed by atoms with Crippen molar-refractivity contribution in [1.82, 2.24) is 0 Å². The van der Waals surface area contributed by atoms with Crippen molar-refractivity contribution in [3.63, 3.8) is 0 Å². The summed E-state index contributed by atoms with van der Waals surface area (Å²) in [6, 6.07) is 5.97. The van der Waals surface area contributed by atoms with Gasteiger partial charge in [-0.2, -0.15) is 18.4 Å². The van der Waals surface area contributed by atoms with E-state index in [9.17, 15) is 13.2 Å². The number of nitrogens with one attached hydrogen (secondary N) is 1. The van der Waals surface area contributed by atoms with Crippen molar-refractivity contribution in [3.05, 3.63) is 23.8 Å². The molecule has 1 unspecified atom stereocenters. The minimum absolute atomic E-state index is 0.166. The summed E-state index contributed by atoms with van der Waals surface area (Å²) in [5, 5.41) is 19.7. The Balaban J connectivity index is 2.66. The molecule has 4 N–H and O–H groups in total. The van der Waals surface area contributed by atoms with Crippen molar-refractivity contribution in [2.75, 3.05) is 17.6 Å². The van der Waals surface area contributed by atoms with Crippen LogP contribution < -0.4 is 11.1 Å². The Morgan fingerprint density at radius 1 is 1.47 bits per heavy atom. The van der Waals surface area contributed by atoms with Gasteiger partial charge in [0.25, 0.3) is 0 Å². The quantitative estimate of drug-likeness (QED) is 0.704. The first kappa shape index (κ1) is 13.1. The molecule has 0 spiro atoms. The third-order valence-corrected chi connectivity index (χ3v) is 2.05. The first-order chi connectivity index (χ1) is 7.84. The molecule has 0 saturated carbocycles. The van der Waals surface area contributed by atoms with Crippen LogP contribution >= 0.6 is 0 Å². The summed E-state index contributed by atoms with van der Waals surface area (Å²) < 4.78 is 36.0. The molecule has 7 heteroatoms. The van der Waals surface area contributed by atoms with Gasteiger partial charge in [-0.05, 0) is 18.2 Å². The number of hydrogen-bond donors (Lipinski definition) is 3. The Morgan fingerprint density at radius 2 is 2.12 bits per heavy atom. The molecule has 0 aliphatic carbocycles. The fourth-order valence-corrected chi connectivity index (χ4v) is 1.10. The van der Waals surface area contributed by atoms with Crippen LogP contribution in [0.3, 0.4) is 0 Å². The van der Waals surface area contributed by atoms with Crippen LogP contribution in [0, 0.1) is 11.3 Å². The van der Waals surface area contributed by atoms with Crippen molar-refractivity contribution in [2.24, 2.45) is 0 Å². The third kappa shape index (κ3) is 3.53. The average Bonchev–Trinajstić information content (AvgIpc) is 2.24. The maximum atomic E-state index is 12.0. The lowest BCUT2D eigenvalue weighted by atomic mass is 10.2. The number of nitrogens with zero attached hydrogens (tertiary/aromatic N) is 1. The molecule has 1 aromatic rings. The second kappa shape index (κ2) is 4.93. The van der Waals surface area contributed by atoms with E-state index < -0.39 is 18.8 Å². The summed E-state index contributed by atoms with van der Waals surface area (Å²) in [6.45, 7) is -0.672. The number of nitrogen functional groups attached to an aromatic ring is 1. The number of aliphatic hydroxyl groups excluding tert-OH is 1. The van der Waals surface area contributed by atoms with E-state index in [0.717, 1.165) is 0 Å². The van der Waals surface area contributed by atoms with Crippen molar-refractivity contribution >= 4 is 11.4 Å². The SMILES string of the molecule is N#Cc1ccc(NCC(O)C(F)(F)F)cc1N. The molecule has 0 amide bonds. The summed E-state index contributed by atoms with van der Waals surface area (Å²) >= 11 is 0. The molecule has 1 atom stereocenters. The molecule has 0 heterocycles. The number of benzene rings is 1. The fourth-order valence-electron chi connectivity index (χ4n) is 1.10. The van der Waals surface area contributed by atoms with Gasteiger partial charge in [-0.3, -0.25) is 0 Å². The smallest absolute Gasteiger partial charge is 0.398 e. The monoisotopic (exact) mass is 245 g/mol. The van der Waals surface area contributed by atoms with Crippen LogP contribution in [-0.4, -0.2) is 23.9 Å². The van der Waals surface area contributed by atoms with E-state index in [0.29, 0.717) is 5.69 Å². The molecule has 0 saturated heterocycles. The molecular formula is C10H10F3N3O. The number of hydrogen-bond acceptors (Lipinski definition) is 4. The molecule has 0 aliphatic heterocycles. The van der Waals surface area contributed by atoms with Gasteiger partial charge in [-0.25, -0.2) is 0 Å². The fraction of sp³-hybridized carbons (Fsp3) is 0.300. The first-order valence-corrected chi connectivity index (χ1v) is 4.63. The van der Waals surface area contributed by atoms with E-state index in [1.165, 1.54) is 18.2 Å². The molecular weight excluding hydrogens is 235 g/mol. The van der Waals surface area contributed by atoms with E-state index in [1.54, 1.807) is 0 Å². The van der Waals surface area contributed by atoms with E-state index in [4.69, 9.17) is 16.1 Å². The summed E-state index contributed by atoms with van der Waals surface area (Å²) in [5.41, 5.74) is 6.20. The van der Waals surface area contributed by atoms with Crippen molar-refractivity contribution in [2.45, 2.75) is 12.3 Å². The second-order valence-electron chi connectivity index (χ2n) is 3.35. The van der Waals surface area contributed by atoms with Crippen LogP contribution in [-0.2, 0) is 0 Å². The van der Waals surface area contributed by atoms with Crippen molar-refractivity contribution in [3.8, 4) is 6.07 Å². The van der Waals surface area contributed by atoms with Gasteiger partial charge in [0.2, 0.25) is 0 Å². The number of nitriles is 1. The minimum atomic E-state index is -4.66. The second-order valence-corrected chi connectivity index (χ2v) is 3.35. The van der Waals surface area contributed by atoms with E-state index in [-0.39, 0.29) is 11.3 Å². The normalized spacial score (nSPS) is 12.9. The highest BCUT2D eigenvalue weighted by Crippen LogP contribution is 2.21. The maximum Gasteiger partial charge on any atom is 0.416 e. The Labute approximate surface area is 95.5 Å². The lowest BCUT2D eigenvalue weighted by Crippen LogP contribution is -2.35. The summed E-state index contributed by atoms with van der Waals surface area (Å²) in [6.07, 6.45) is -7.11. The Kier molecular flexibility index (Phi) is 3.81. The van der Waals surface area contributed by atoms with Crippen LogP contribution in [0.5, 0.6) is 0 Å². The van der Waals surface area contributed by atoms with Gasteiger partial charge < -0.3 is 16.2 Å². The number of anilines is 2. The number of aliphatic hydroxyl groups is 1. The number of rotatable bonds is 3. The maximum absolute atomic E-state index is 12.0. The van der Waals surface area contributed by atoms with Crippen molar-refractivity contribution in [1.29, 1.82) is 5.26 Å². The number of halogens is 3. The highest BCUT2D eigenvalue weighted by atomic mass is 19.4. The molecule has 0 aliphatic rings. The number of nitrogens with two attached hydrogens (primary N) is 1. The highest BCUT2D eigenvalue weighted by Gasteiger charge is 2.37. The van der Waals surface area contributed by atoms with Gasteiger partial charge in [-0.15, -0.1) is 0 Å². The standard InChI is InChI=1S/C10H10F3N3O/c11-10(12,13)9(17)5-16-7-2-1-6(4-14)8(15)3-7/h1-3,9,16-17H,5,15H2. The third-order valence-electron chi connectivity index (χ3n) is 2.05. The average molecular weight is 245 g/mol. The van der Waals surface area contributed by atoms with Gasteiger partial charge in [0.15, 0.2) is 6.10 Å². The molecule has 0 aromatic heterocycles. The predicted octanol–water partition coefficient (Wildman–Crippen LogP) is 1.48. The molecule has 0 bridgehead atoms. The molecule has 4 nitrogen and oxygen atoms in total. The van der Waals surface area contributed by atoms with Crippen LogP contribution in [0.2, 0.25) is 0 Å². The summed E-state index contributed by atoms with van der Waals surface area (Å²) in [7, 11) is 0. The van der Waals surface area contributed by atoms with Crippen molar-refractivity contribution < 1.29 is 18.3 Å². The van der Waals surface area contributed by atoms with E-state index in [2.05, 4.69) is 5.32 Å². The highest BCUT2D eigenvalue weighted by molar-refractivity contribution is 5.62. The van der Waals surface area contributed by atoms with Gasteiger partial charge in [0.1, 0.15) is 6.07 Å². The number of alkyl halides is 3. The molecule has 17 heavy (non-hydrogen) atoms. The van der Waals surface area contributed by atoms with Gasteiger partial charge in [0.05, 0.1) is 11.3 Å². The molecule has 1 rings (SSSR count). The lowest BCUT2D eigenvalue weighted by molar-refractivity contribution is -0.198. The molecule has 0 fully saturated rings. The zero-order valence-electron chi connectivity index (χ0n) is 8.62. The predicted molar refractivity (Wildman–Crippen MR) is 56.1 cm³/mol. The van der Waals surface area contributed by atoms with Gasteiger partial charge >= 0.3 is 6.18 Å². The molecule has 92 valence electrons. The zero-order valence-corrected chi connectivity index (χ0v) is 8.62. The Hall–Kier alpha value is -1.94. The van der Waals surface area contributed by atoms with Gasteiger partial charge in [0, 0.05) is 12.2 Å². The van der Waals surface area contributed by atoms with Crippen LogP contribution in [0.1, 0.15) is 5.56 Å². The summed E-state index contributed by atoms with van der Waals surface area (Å²) in [5.74, 6) is 0. The van der Waals surface area contributed by atoms with Crippen LogP contribution in [0.25, 0.3) is 0 Å². The van der Waals surface area contributed by atoms with Gasteiger partial charge in [-0.1, -0.05) is 0 Å². The van der Waals surface area contributed by atoms with E-state index >= 15 is 0 Å². The lowest BCUT2D eigenvalue weighted by Gasteiger charge is -2.16. The Morgan fingerprint density at radius 3 is 2.59 bits per heavy atom. The summed E-state index contributed by atoms with van der Waals surface area (Å²) in [4.78, 5) is 0. The molecule has 0 radical (unpaired) electrons. The zero-order chi connectivity index (χ0) is 13.1. The van der Waals surface area contributed by atoms with Crippen LogP contribution in [0.4, 0.5) is 24.5 Å². The minimum Gasteiger partial charge on any atom is -0.398 e. The Bertz CT molecular complexity index is 439. The van der Waals surface area contributed by atoms with E-state index in [1.807, 2.05) is 6.07 Å². The van der Waals surface area contributed by atoms with Crippen LogP contribution in [0.15, 0.2) is 18.2 Å². The largest absolute Gasteiger partial charge is 0.416 e. The first-order valence-electron chi connectivity index (χ1n) is 4.63. The molecule has 1 aromatic carbocycles. The topological polar surface area (TPSA) is 82.1 Å².